The highest BCUT2D eigenvalue weighted by atomic mass is 35.5. The van der Waals surface area contributed by atoms with Crippen LogP contribution in [0.25, 0.3) is 10.9 Å². The molecule has 1 atom stereocenters. The van der Waals surface area contributed by atoms with Crippen molar-refractivity contribution in [2.45, 2.75) is 19.4 Å². The van der Waals surface area contributed by atoms with E-state index in [-0.39, 0.29) is 11.9 Å². The molecule has 0 saturated carbocycles. The topological polar surface area (TPSA) is 78.6 Å². The van der Waals surface area contributed by atoms with Gasteiger partial charge in [0.1, 0.15) is 10.9 Å². The Balaban J connectivity index is 1.73. The molecule has 0 unspecified atom stereocenters. The molecule has 0 fully saturated rings. The number of aromatic nitrogens is 1. The Labute approximate surface area is 173 Å². The van der Waals surface area contributed by atoms with Crippen LogP contribution in [0.5, 0.6) is 5.75 Å². The zero-order valence-corrected chi connectivity index (χ0v) is 16.6. The molecule has 3 aromatic rings. The number of nitriles is 1. The van der Waals surface area contributed by atoms with Crippen LogP contribution in [-0.2, 0) is 4.79 Å². The molecule has 6 nitrogen and oxygen atoms in total. The van der Waals surface area contributed by atoms with Gasteiger partial charge in [-0.3, -0.25) is 4.79 Å². The lowest BCUT2D eigenvalue weighted by Gasteiger charge is -2.21. The average molecular weight is 405 g/mol. The minimum atomic E-state index is -0.343. The van der Waals surface area contributed by atoms with Crippen LogP contribution in [-0.4, -0.2) is 28.7 Å². The molecule has 1 aromatic heterocycles. The van der Waals surface area contributed by atoms with E-state index in [4.69, 9.17) is 21.6 Å². The van der Waals surface area contributed by atoms with Crippen LogP contribution < -0.4 is 4.74 Å². The quantitative estimate of drug-likeness (QED) is 0.603. The van der Waals surface area contributed by atoms with Crippen LogP contribution in [0.1, 0.15) is 36.1 Å². The lowest BCUT2D eigenvalue weighted by molar-refractivity contribution is -0.130. The van der Waals surface area contributed by atoms with Crippen LogP contribution >= 0.6 is 11.6 Å². The summed E-state index contributed by atoms with van der Waals surface area (Å²) >= 11 is 6.51. The SMILES string of the molecule is COc1ccc2cc([C@@H]3CC(c4ccc(C#N)cc4)=NN3C(C)=O)c(Cl)nc2c1. The molecular formula is C22H17ClN4O2. The Kier molecular flexibility index (Phi) is 4.91. The van der Waals surface area contributed by atoms with Crippen LogP contribution in [0.15, 0.2) is 53.6 Å². The molecule has 4 rings (SSSR count). The fourth-order valence-corrected chi connectivity index (χ4v) is 3.73. The summed E-state index contributed by atoms with van der Waals surface area (Å²) in [5.74, 6) is 0.524. The van der Waals surface area contributed by atoms with Gasteiger partial charge < -0.3 is 4.74 Å². The number of benzene rings is 2. The average Bonchev–Trinajstić information content (AvgIpc) is 3.18. The van der Waals surface area contributed by atoms with E-state index in [9.17, 15) is 4.79 Å². The number of fused-ring (bicyclic) bond motifs is 1. The van der Waals surface area contributed by atoms with Crippen molar-refractivity contribution < 1.29 is 9.53 Å². The van der Waals surface area contributed by atoms with Gasteiger partial charge in [-0.1, -0.05) is 23.7 Å². The van der Waals surface area contributed by atoms with E-state index in [2.05, 4.69) is 16.2 Å². The van der Waals surface area contributed by atoms with Gasteiger partial charge in [-0.15, -0.1) is 0 Å². The molecule has 0 N–H and O–H groups in total. The number of amides is 1. The summed E-state index contributed by atoms with van der Waals surface area (Å²) in [6.07, 6.45) is 0.508. The number of nitrogens with zero attached hydrogens (tertiary/aromatic N) is 4. The first kappa shape index (κ1) is 18.9. The maximum atomic E-state index is 12.3. The first-order valence-electron chi connectivity index (χ1n) is 9.02. The molecule has 0 radical (unpaired) electrons. The Morgan fingerprint density at radius 3 is 2.66 bits per heavy atom. The summed E-state index contributed by atoms with van der Waals surface area (Å²) in [5.41, 5.74) is 3.67. The number of pyridine rings is 1. The fourth-order valence-electron chi connectivity index (χ4n) is 3.45. The van der Waals surface area contributed by atoms with Crippen molar-refractivity contribution in [3.05, 3.63) is 70.4 Å². The number of rotatable bonds is 3. The van der Waals surface area contributed by atoms with Crippen LogP contribution in [0.2, 0.25) is 5.15 Å². The van der Waals surface area contributed by atoms with Crippen LogP contribution in [0.4, 0.5) is 0 Å². The molecule has 1 aliphatic heterocycles. The maximum Gasteiger partial charge on any atom is 0.240 e. The summed E-state index contributed by atoms with van der Waals surface area (Å²) in [6, 6.07) is 16.4. The number of methoxy groups -OCH3 is 1. The molecule has 2 heterocycles. The highest BCUT2D eigenvalue weighted by molar-refractivity contribution is 6.30. The van der Waals surface area contributed by atoms with Crippen molar-refractivity contribution in [3.8, 4) is 11.8 Å². The third kappa shape index (κ3) is 3.53. The number of halogens is 1. The van der Waals surface area contributed by atoms with E-state index in [1.807, 2.05) is 36.4 Å². The zero-order valence-electron chi connectivity index (χ0n) is 15.9. The maximum absolute atomic E-state index is 12.3. The van der Waals surface area contributed by atoms with Gasteiger partial charge in [0.2, 0.25) is 5.91 Å². The lowest BCUT2D eigenvalue weighted by Crippen LogP contribution is -2.24. The van der Waals surface area contributed by atoms with E-state index < -0.39 is 0 Å². The van der Waals surface area contributed by atoms with Gasteiger partial charge in [0.25, 0.3) is 0 Å². The Morgan fingerprint density at radius 1 is 1.24 bits per heavy atom. The molecule has 0 aliphatic carbocycles. The number of carbonyl (C=O) groups is 1. The first-order valence-corrected chi connectivity index (χ1v) is 9.40. The second-order valence-electron chi connectivity index (χ2n) is 6.75. The Bertz CT molecular complexity index is 1180. The van der Waals surface area contributed by atoms with Gasteiger partial charge in [0.05, 0.1) is 36.0 Å². The number of hydrogen-bond acceptors (Lipinski definition) is 5. The summed E-state index contributed by atoms with van der Waals surface area (Å²) in [6.45, 7) is 1.48. The molecule has 29 heavy (non-hydrogen) atoms. The van der Waals surface area contributed by atoms with Crippen molar-refractivity contribution >= 4 is 34.1 Å². The molecule has 0 saturated heterocycles. The molecule has 0 bridgehead atoms. The minimum absolute atomic E-state index is 0.176. The number of carbonyl (C=O) groups excluding carboxylic acids is 1. The van der Waals surface area contributed by atoms with E-state index in [0.717, 1.165) is 27.7 Å². The van der Waals surface area contributed by atoms with Crippen molar-refractivity contribution in [1.29, 1.82) is 5.26 Å². The van der Waals surface area contributed by atoms with Crippen molar-refractivity contribution in [1.82, 2.24) is 9.99 Å². The lowest BCUT2D eigenvalue weighted by atomic mass is 9.98. The van der Waals surface area contributed by atoms with Gasteiger partial charge in [-0.25, -0.2) is 9.99 Å². The van der Waals surface area contributed by atoms with Gasteiger partial charge in [0.15, 0.2) is 0 Å². The molecule has 144 valence electrons. The van der Waals surface area contributed by atoms with E-state index in [1.165, 1.54) is 11.9 Å². The van der Waals surface area contributed by atoms with E-state index in [1.54, 1.807) is 19.2 Å². The fraction of sp³-hybridized carbons (Fsp3) is 0.182. The van der Waals surface area contributed by atoms with Crippen molar-refractivity contribution in [2.24, 2.45) is 5.10 Å². The van der Waals surface area contributed by atoms with Gasteiger partial charge in [-0.05, 0) is 35.9 Å². The van der Waals surface area contributed by atoms with Gasteiger partial charge >= 0.3 is 0 Å². The second-order valence-corrected chi connectivity index (χ2v) is 7.10. The summed E-state index contributed by atoms with van der Waals surface area (Å²) in [5, 5.41) is 16.2. The molecular weight excluding hydrogens is 388 g/mol. The predicted octanol–water partition coefficient (Wildman–Crippen LogP) is 4.47. The highest BCUT2D eigenvalue weighted by Gasteiger charge is 2.33. The standard InChI is InChI=1S/C22H17ClN4O2/c1-13(28)27-21(11-20(26-27)15-5-3-14(12-24)4-6-15)18-9-16-7-8-17(29-2)10-19(16)25-22(18)23/h3-10,21H,11H2,1-2H3/t21-/m0/s1. The largest absolute Gasteiger partial charge is 0.497 e. The Morgan fingerprint density at radius 2 is 2.00 bits per heavy atom. The Hall–Kier alpha value is -3.43. The zero-order chi connectivity index (χ0) is 20.5. The second kappa shape index (κ2) is 7.53. The highest BCUT2D eigenvalue weighted by Crippen LogP contribution is 2.37. The number of hydrazone groups is 1. The first-order chi connectivity index (χ1) is 14.0. The smallest absolute Gasteiger partial charge is 0.240 e. The van der Waals surface area contributed by atoms with Gasteiger partial charge in [0, 0.05) is 30.4 Å². The van der Waals surface area contributed by atoms with E-state index >= 15 is 0 Å². The molecule has 1 amide bonds. The molecule has 7 heteroatoms. The normalized spacial score (nSPS) is 15.9. The van der Waals surface area contributed by atoms with E-state index in [0.29, 0.717) is 22.9 Å². The van der Waals surface area contributed by atoms with Crippen LogP contribution in [0, 0.1) is 11.3 Å². The molecule has 1 aliphatic rings. The summed E-state index contributed by atoms with van der Waals surface area (Å²) in [7, 11) is 1.60. The minimum Gasteiger partial charge on any atom is -0.497 e. The van der Waals surface area contributed by atoms with Crippen molar-refractivity contribution in [2.75, 3.05) is 7.11 Å². The summed E-state index contributed by atoms with van der Waals surface area (Å²) in [4.78, 5) is 16.8. The summed E-state index contributed by atoms with van der Waals surface area (Å²) < 4.78 is 5.25. The van der Waals surface area contributed by atoms with Gasteiger partial charge in [-0.2, -0.15) is 10.4 Å². The predicted molar refractivity (Wildman–Crippen MR) is 111 cm³/mol. The third-order valence-electron chi connectivity index (χ3n) is 4.94. The number of ether oxygens (including phenoxy) is 1. The third-order valence-corrected chi connectivity index (χ3v) is 5.25. The molecule has 2 aromatic carbocycles. The monoisotopic (exact) mass is 404 g/mol. The van der Waals surface area contributed by atoms with Crippen LogP contribution in [0.3, 0.4) is 0 Å². The number of hydrogen-bond donors (Lipinski definition) is 0. The van der Waals surface area contributed by atoms with Crippen molar-refractivity contribution in [3.63, 3.8) is 0 Å². The molecule has 0 spiro atoms.